The van der Waals surface area contributed by atoms with E-state index < -0.39 is 5.97 Å². The van der Waals surface area contributed by atoms with Crippen molar-refractivity contribution in [2.24, 2.45) is 5.92 Å². The summed E-state index contributed by atoms with van der Waals surface area (Å²) < 4.78 is 0.716. The number of amides is 2. The molecule has 6 heteroatoms. The molecular weight excluding hydrogens is 336 g/mol. The molecule has 0 heterocycles. The monoisotopic (exact) mass is 354 g/mol. The lowest BCUT2D eigenvalue weighted by atomic mass is 10.0. The number of anilines is 1. The van der Waals surface area contributed by atoms with Crippen LogP contribution in [0.4, 0.5) is 10.5 Å². The zero-order chi connectivity index (χ0) is 15.2. The number of rotatable bonds is 5. The predicted molar refractivity (Wildman–Crippen MR) is 84.7 cm³/mol. The smallest absolute Gasteiger partial charge is 0.337 e. The summed E-state index contributed by atoms with van der Waals surface area (Å²) >= 11 is 3.27. The van der Waals surface area contributed by atoms with Gasteiger partial charge in [0.05, 0.1) is 11.3 Å². The van der Waals surface area contributed by atoms with Crippen LogP contribution in [0.1, 0.15) is 42.5 Å². The predicted octanol–water partition coefficient (Wildman–Crippen LogP) is 3.85. The lowest BCUT2D eigenvalue weighted by molar-refractivity contribution is 0.0698. The Labute approximate surface area is 132 Å². The Kier molecular flexibility index (Phi) is 5.61. The van der Waals surface area contributed by atoms with Crippen molar-refractivity contribution in [2.45, 2.75) is 32.1 Å². The van der Waals surface area contributed by atoms with Crippen molar-refractivity contribution in [1.82, 2.24) is 5.32 Å². The van der Waals surface area contributed by atoms with Crippen LogP contribution in [0.25, 0.3) is 0 Å². The number of carboxylic acids is 1. The molecule has 1 fully saturated rings. The number of aromatic carboxylic acids is 1. The maximum absolute atomic E-state index is 11.8. The molecule has 2 amide bonds. The first-order valence-corrected chi connectivity index (χ1v) is 7.93. The second-order valence-corrected chi connectivity index (χ2v) is 6.23. The molecular formula is C15H19BrN2O3. The number of hydrogen-bond acceptors (Lipinski definition) is 2. The highest BCUT2D eigenvalue weighted by atomic mass is 79.9. The zero-order valence-electron chi connectivity index (χ0n) is 11.7. The SMILES string of the molecule is O=C(NCCC1CCCC1)Nc1cc(Br)ccc1C(=O)O. The molecule has 0 spiro atoms. The van der Waals surface area contributed by atoms with Gasteiger partial charge in [-0.25, -0.2) is 9.59 Å². The minimum absolute atomic E-state index is 0.0733. The molecule has 3 N–H and O–H groups in total. The Bertz CT molecular complexity index is 528. The Morgan fingerprint density at radius 3 is 2.67 bits per heavy atom. The lowest BCUT2D eigenvalue weighted by Crippen LogP contribution is -2.31. The maximum Gasteiger partial charge on any atom is 0.337 e. The topological polar surface area (TPSA) is 78.4 Å². The first-order chi connectivity index (χ1) is 10.1. The molecule has 5 nitrogen and oxygen atoms in total. The number of carboxylic acid groups (broad SMARTS) is 1. The lowest BCUT2D eigenvalue weighted by Gasteiger charge is -2.12. The van der Waals surface area contributed by atoms with Crippen LogP contribution in [0.5, 0.6) is 0 Å². The summed E-state index contributed by atoms with van der Waals surface area (Å²) in [6, 6.07) is 4.31. The van der Waals surface area contributed by atoms with Gasteiger partial charge in [-0.05, 0) is 30.5 Å². The Balaban J connectivity index is 1.86. The van der Waals surface area contributed by atoms with Gasteiger partial charge in [-0.15, -0.1) is 0 Å². The summed E-state index contributed by atoms with van der Waals surface area (Å²) in [4.78, 5) is 23.0. The van der Waals surface area contributed by atoms with Gasteiger partial charge in [0, 0.05) is 11.0 Å². The fraction of sp³-hybridized carbons (Fsp3) is 0.467. The normalized spacial score (nSPS) is 14.9. The molecule has 21 heavy (non-hydrogen) atoms. The molecule has 0 aromatic heterocycles. The molecule has 1 saturated carbocycles. The molecule has 0 radical (unpaired) electrons. The van der Waals surface area contributed by atoms with E-state index in [2.05, 4.69) is 26.6 Å². The van der Waals surface area contributed by atoms with Gasteiger partial charge >= 0.3 is 12.0 Å². The fourth-order valence-electron chi connectivity index (χ4n) is 2.66. The second-order valence-electron chi connectivity index (χ2n) is 5.32. The molecule has 0 atom stereocenters. The number of benzene rings is 1. The van der Waals surface area contributed by atoms with Crippen LogP contribution in [0.3, 0.4) is 0 Å². The van der Waals surface area contributed by atoms with Gasteiger partial charge < -0.3 is 15.7 Å². The van der Waals surface area contributed by atoms with E-state index >= 15 is 0 Å². The Hall–Kier alpha value is -1.56. The molecule has 0 bridgehead atoms. The minimum atomic E-state index is -1.07. The van der Waals surface area contributed by atoms with E-state index in [1.165, 1.54) is 31.7 Å². The van der Waals surface area contributed by atoms with Crippen LogP contribution >= 0.6 is 15.9 Å². The van der Waals surface area contributed by atoms with E-state index in [0.29, 0.717) is 16.9 Å². The van der Waals surface area contributed by atoms with Crippen molar-refractivity contribution in [2.75, 3.05) is 11.9 Å². The van der Waals surface area contributed by atoms with Crippen molar-refractivity contribution in [1.29, 1.82) is 0 Å². The summed E-state index contributed by atoms with van der Waals surface area (Å²) in [5, 5.41) is 14.5. The fourth-order valence-corrected chi connectivity index (χ4v) is 3.02. The van der Waals surface area contributed by atoms with Gasteiger partial charge in [0.1, 0.15) is 0 Å². The van der Waals surface area contributed by atoms with Gasteiger partial charge in [-0.3, -0.25) is 0 Å². The second kappa shape index (κ2) is 7.45. The summed E-state index contributed by atoms with van der Waals surface area (Å²) in [7, 11) is 0. The van der Waals surface area contributed by atoms with Crippen molar-refractivity contribution in [3.8, 4) is 0 Å². The number of urea groups is 1. The third kappa shape index (κ3) is 4.74. The van der Waals surface area contributed by atoms with Gasteiger partial charge in [0.25, 0.3) is 0 Å². The summed E-state index contributed by atoms with van der Waals surface area (Å²) in [6.45, 7) is 0.618. The largest absolute Gasteiger partial charge is 0.478 e. The number of carbonyl (C=O) groups excluding carboxylic acids is 1. The van der Waals surface area contributed by atoms with E-state index in [1.54, 1.807) is 12.1 Å². The highest BCUT2D eigenvalue weighted by molar-refractivity contribution is 9.10. The van der Waals surface area contributed by atoms with Gasteiger partial charge in [0.15, 0.2) is 0 Å². The van der Waals surface area contributed by atoms with Gasteiger partial charge in [0.2, 0.25) is 0 Å². The molecule has 0 unspecified atom stereocenters. The van der Waals surface area contributed by atoms with Crippen molar-refractivity contribution >= 4 is 33.6 Å². The Morgan fingerprint density at radius 1 is 1.29 bits per heavy atom. The van der Waals surface area contributed by atoms with E-state index in [4.69, 9.17) is 5.11 Å². The first kappa shape index (κ1) is 15.8. The van der Waals surface area contributed by atoms with Crippen LogP contribution in [-0.4, -0.2) is 23.7 Å². The zero-order valence-corrected chi connectivity index (χ0v) is 13.3. The van der Waals surface area contributed by atoms with Crippen LogP contribution in [-0.2, 0) is 0 Å². The van der Waals surface area contributed by atoms with E-state index in [1.807, 2.05) is 0 Å². The van der Waals surface area contributed by atoms with Crippen LogP contribution < -0.4 is 10.6 Å². The van der Waals surface area contributed by atoms with Crippen molar-refractivity contribution in [3.05, 3.63) is 28.2 Å². The molecule has 0 saturated heterocycles. The number of nitrogens with one attached hydrogen (secondary N) is 2. The van der Waals surface area contributed by atoms with Crippen molar-refractivity contribution in [3.63, 3.8) is 0 Å². The molecule has 1 aliphatic carbocycles. The first-order valence-electron chi connectivity index (χ1n) is 7.14. The summed E-state index contributed by atoms with van der Waals surface area (Å²) in [5.74, 6) is -0.352. The summed E-state index contributed by atoms with van der Waals surface area (Å²) in [5.41, 5.74) is 0.361. The highest BCUT2D eigenvalue weighted by Crippen LogP contribution is 2.27. The molecule has 1 aromatic carbocycles. The molecule has 1 aliphatic rings. The molecule has 0 aliphatic heterocycles. The molecule has 114 valence electrons. The van der Waals surface area contributed by atoms with Crippen LogP contribution in [0.15, 0.2) is 22.7 Å². The van der Waals surface area contributed by atoms with Crippen LogP contribution in [0, 0.1) is 5.92 Å². The molecule has 1 aromatic rings. The number of hydrogen-bond donors (Lipinski definition) is 3. The van der Waals surface area contributed by atoms with Crippen LogP contribution in [0.2, 0.25) is 0 Å². The highest BCUT2D eigenvalue weighted by Gasteiger charge is 2.16. The van der Waals surface area contributed by atoms with E-state index in [0.717, 1.165) is 6.42 Å². The average Bonchev–Trinajstić information content (AvgIpc) is 2.91. The number of halogens is 1. The third-order valence-corrected chi connectivity index (χ3v) is 4.27. The minimum Gasteiger partial charge on any atom is -0.478 e. The third-order valence-electron chi connectivity index (χ3n) is 3.77. The number of carbonyl (C=O) groups is 2. The Morgan fingerprint density at radius 2 is 2.00 bits per heavy atom. The van der Waals surface area contributed by atoms with Gasteiger partial charge in [-0.2, -0.15) is 0 Å². The standard InChI is InChI=1S/C15H19BrN2O3/c16-11-5-6-12(14(19)20)13(9-11)18-15(21)17-8-7-10-3-1-2-4-10/h5-6,9-10H,1-4,7-8H2,(H,19,20)(H2,17,18,21). The van der Waals surface area contributed by atoms with E-state index in [-0.39, 0.29) is 17.3 Å². The summed E-state index contributed by atoms with van der Waals surface area (Å²) in [6.07, 6.45) is 6.06. The van der Waals surface area contributed by atoms with E-state index in [9.17, 15) is 9.59 Å². The average molecular weight is 355 g/mol. The maximum atomic E-state index is 11.8. The van der Waals surface area contributed by atoms with Crippen molar-refractivity contribution < 1.29 is 14.7 Å². The quantitative estimate of drug-likeness (QED) is 0.751. The van der Waals surface area contributed by atoms with Gasteiger partial charge in [-0.1, -0.05) is 41.6 Å². The molecule has 2 rings (SSSR count).